The molecule has 10 heteroatoms. The van der Waals surface area contributed by atoms with Crippen LogP contribution in [0, 0.1) is 0 Å². The fourth-order valence-corrected chi connectivity index (χ4v) is 10.9. The molecule has 1 N–H and O–H groups in total. The molecular formula is C30H35N3O5SSi. The molecule has 0 radical (unpaired) electrons. The Morgan fingerprint density at radius 1 is 1.00 bits per heavy atom. The van der Waals surface area contributed by atoms with E-state index in [2.05, 4.69) is 55.1 Å². The van der Waals surface area contributed by atoms with Gasteiger partial charge in [-0.3, -0.25) is 4.79 Å². The van der Waals surface area contributed by atoms with Gasteiger partial charge in [-0.25, -0.2) is 0 Å². The molecule has 3 aromatic rings. The Morgan fingerprint density at radius 3 is 2.00 bits per heavy atom. The van der Waals surface area contributed by atoms with Gasteiger partial charge >= 0.3 is 5.97 Å². The quantitative estimate of drug-likeness (QED) is 0.125. The van der Waals surface area contributed by atoms with E-state index in [1.165, 1.54) is 18.7 Å². The van der Waals surface area contributed by atoms with Crippen LogP contribution in [0.2, 0.25) is 5.04 Å². The van der Waals surface area contributed by atoms with Gasteiger partial charge in [-0.2, -0.15) is 0 Å². The van der Waals surface area contributed by atoms with E-state index >= 15 is 0 Å². The summed E-state index contributed by atoms with van der Waals surface area (Å²) in [6.07, 6.45) is -3.11. The summed E-state index contributed by atoms with van der Waals surface area (Å²) in [5, 5.41) is 17.1. The molecule has 5 atom stereocenters. The lowest BCUT2D eigenvalue weighted by atomic mass is 9.98. The Kier molecular flexibility index (Phi) is 9.73. The first-order valence-electron chi connectivity index (χ1n) is 13.2. The van der Waals surface area contributed by atoms with E-state index in [9.17, 15) is 15.4 Å². The van der Waals surface area contributed by atoms with Gasteiger partial charge in [0.1, 0.15) is 23.7 Å². The third kappa shape index (κ3) is 6.44. The van der Waals surface area contributed by atoms with Crippen molar-refractivity contribution < 1.29 is 23.8 Å². The highest BCUT2D eigenvalue weighted by molar-refractivity contribution is 7.99. The zero-order chi connectivity index (χ0) is 28.8. The summed E-state index contributed by atoms with van der Waals surface area (Å²) >= 11 is 1.32. The van der Waals surface area contributed by atoms with Crippen molar-refractivity contribution >= 4 is 36.4 Å². The van der Waals surface area contributed by atoms with Crippen molar-refractivity contribution in [2.75, 3.05) is 6.61 Å². The van der Waals surface area contributed by atoms with E-state index in [-0.39, 0.29) is 11.6 Å². The number of ether oxygens (including phenoxy) is 2. The molecule has 0 unspecified atom stereocenters. The van der Waals surface area contributed by atoms with E-state index < -0.39 is 44.1 Å². The Labute approximate surface area is 240 Å². The second-order valence-electron chi connectivity index (χ2n) is 10.7. The molecule has 210 valence electrons. The van der Waals surface area contributed by atoms with Crippen LogP contribution >= 0.6 is 11.8 Å². The van der Waals surface area contributed by atoms with Crippen LogP contribution in [0.25, 0.3) is 10.4 Å². The number of hydrogen-bond donors (Lipinski definition) is 1. The Hall–Kier alpha value is -3.11. The van der Waals surface area contributed by atoms with Gasteiger partial charge in [-0.1, -0.05) is 117 Å². The molecule has 1 aliphatic rings. The van der Waals surface area contributed by atoms with Crippen molar-refractivity contribution in [2.45, 2.75) is 67.4 Å². The Balaban J connectivity index is 1.75. The zero-order valence-corrected chi connectivity index (χ0v) is 24.9. The monoisotopic (exact) mass is 577 g/mol. The average Bonchev–Trinajstić information content (AvgIpc) is 2.94. The van der Waals surface area contributed by atoms with Gasteiger partial charge in [-0.05, 0) is 33.1 Å². The summed E-state index contributed by atoms with van der Waals surface area (Å²) in [6, 6.07) is 28.9. The highest BCUT2D eigenvalue weighted by Crippen LogP contribution is 2.39. The molecule has 0 aliphatic carbocycles. The molecule has 1 aliphatic heterocycles. The SMILES string of the molecule is CC(=O)O[C@@H]1[C@@H](O)[C@H](Sc2ccccc2)O[C@H](CO[Si](c2ccccc2)(c2ccccc2)C(C)(C)C)[C@@H]1N=[N+]=[N-]. The van der Waals surface area contributed by atoms with E-state index in [4.69, 9.17) is 13.9 Å². The maximum atomic E-state index is 12.1. The third-order valence-electron chi connectivity index (χ3n) is 7.01. The number of hydrogen-bond acceptors (Lipinski definition) is 7. The highest BCUT2D eigenvalue weighted by atomic mass is 32.2. The zero-order valence-electron chi connectivity index (χ0n) is 23.1. The van der Waals surface area contributed by atoms with Gasteiger partial charge in [0, 0.05) is 16.7 Å². The number of rotatable bonds is 9. The van der Waals surface area contributed by atoms with Crippen LogP contribution < -0.4 is 10.4 Å². The number of thioether (sulfide) groups is 1. The first kappa shape index (κ1) is 29.9. The van der Waals surface area contributed by atoms with E-state index in [0.29, 0.717) is 0 Å². The van der Waals surface area contributed by atoms with Crippen LogP contribution in [0.15, 0.2) is 101 Å². The van der Waals surface area contributed by atoms with Crippen molar-refractivity contribution in [3.8, 4) is 0 Å². The summed E-state index contributed by atoms with van der Waals surface area (Å²) in [6.45, 7) is 7.85. The van der Waals surface area contributed by atoms with Gasteiger partial charge in [0.2, 0.25) is 0 Å². The largest absolute Gasteiger partial charge is 0.459 e. The molecule has 40 heavy (non-hydrogen) atoms. The van der Waals surface area contributed by atoms with Crippen LogP contribution in [-0.4, -0.2) is 55.8 Å². The summed E-state index contributed by atoms with van der Waals surface area (Å²) in [5.74, 6) is -0.584. The molecule has 0 bridgehead atoms. The van der Waals surface area contributed by atoms with Crippen LogP contribution in [0.3, 0.4) is 0 Å². The molecule has 0 amide bonds. The van der Waals surface area contributed by atoms with Crippen molar-refractivity contribution in [1.29, 1.82) is 0 Å². The minimum absolute atomic E-state index is 0.0628. The number of azide groups is 1. The van der Waals surface area contributed by atoms with Gasteiger partial charge in [-0.15, -0.1) is 0 Å². The second kappa shape index (κ2) is 13.0. The number of esters is 1. The number of carbonyl (C=O) groups excluding carboxylic acids is 1. The molecule has 1 fully saturated rings. The lowest BCUT2D eigenvalue weighted by molar-refractivity contribution is -0.184. The maximum absolute atomic E-state index is 12.1. The smallest absolute Gasteiger partial charge is 0.303 e. The van der Waals surface area contributed by atoms with Crippen molar-refractivity contribution in [1.82, 2.24) is 0 Å². The van der Waals surface area contributed by atoms with Crippen molar-refractivity contribution in [3.05, 3.63) is 101 Å². The predicted molar refractivity (Wildman–Crippen MR) is 159 cm³/mol. The molecule has 1 saturated heterocycles. The molecule has 4 rings (SSSR count). The summed E-state index contributed by atoms with van der Waals surface area (Å²) in [7, 11) is -2.94. The van der Waals surface area contributed by atoms with Crippen LogP contribution in [-0.2, 0) is 18.7 Å². The first-order chi connectivity index (χ1) is 19.2. The van der Waals surface area contributed by atoms with E-state index in [0.717, 1.165) is 15.3 Å². The standard InChI is InChI=1S/C30H35N3O5SSi/c1-21(34)37-28-26(32-33-31)25(38-29(27(28)35)39-22-14-8-5-9-15-22)20-36-40(30(2,3)4,23-16-10-6-11-17-23)24-18-12-7-13-19-24/h5-19,25-29,35H,20H2,1-4H3/t25-,26+,27-,28+,29+/m1/s1. The van der Waals surface area contributed by atoms with Gasteiger partial charge in [0.15, 0.2) is 0 Å². The van der Waals surface area contributed by atoms with Gasteiger partial charge in [0.25, 0.3) is 8.32 Å². The summed E-state index contributed by atoms with van der Waals surface area (Å²) in [4.78, 5) is 15.9. The van der Waals surface area contributed by atoms with Crippen LogP contribution in [0.4, 0.5) is 0 Å². The fourth-order valence-electron chi connectivity index (χ4n) is 5.27. The van der Waals surface area contributed by atoms with Crippen LogP contribution in [0.5, 0.6) is 0 Å². The molecule has 1 heterocycles. The number of carbonyl (C=O) groups is 1. The Morgan fingerprint density at radius 2 is 1.52 bits per heavy atom. The third-order valence-corrected chi connectivity index (χ3v) is 13.2. The normalized spacial score (nSPS) is 23.2. The number of aliphatic hydroxyl groups excluding tert-OH is 1. The molecular weight excluding hydrogens is 542 g/mol. The van der Waals surface area contributed by atoms with Gasteiger partial charge < -0.3 is 19.0 Å². The lowest BCUT2D eigenvalue weighted by Gasteiger charge is -2.46. The maximum Gasteiger partial charge on any atom is 0.303 e. The Bertz CT molecular complexity index is 1260. The molecule has 0 saturated carbocycles. The minimum Gasteiger partial charge on any atom is -0.459 e. The summed E-state index contributed by atoms with van der Waals surface area (Å²) in [5.41, 5.74) is 8.64. The fraction of sp³-hybridized carbons (Fsp3) is 0.367. The first-order valence-corrected chi connectivity index (χ1v) is 16.0. The lowest BCUT2D eigenvalue weighted by Crippen LogP contribution is -2.68. The molecule has 3 aromatic carbocycles. The van der Waals surface area contributed by atoms with E-state index in [1.54, 1.807) is 0 Å². The average molecular weight is 578 g/mol. The van der Waals surface area contributed by atoms with E-state index in [1.807, 2.05) is 66.7 Å². The second-order valence-corrected chi connectivity index (χ2v) is 16.2. The number of nitrogens with zero attached hydrogens (tertiary/aromatic N) is 3. The number of benzene rings is 3. The molecule has 0 spiro atoms. The van der Waals surface area contributed by atoms with Crippen LogP contribution in [0.1, 0.15) is 27.7 Å². The molecule has 8 nitrogen and oxygen atoms in total. The summed E-state index contributed by atoms with van der Waals surface area (Å²) < 4.78 is 19.0. The topological polar surface area (TPSA) is 114 Å². The number of aliphatic hydroxyl groups is 1. The minimum atomic E-state index is -2.94. The van der Waals surface area contributed by atoms with Crippen molar-refractivity contribution in [3.63, 3.8) is 0 Å². The predicted octanol–water partition coefficient (Wildman–Crippen LogP) is 5.05. The molecule has 0 aromatic heterocycles. The highest BCUT2D eigenvalue weighted by Gasteiger charge is 2.53. The van der Waals surface area contributed by atoms with Crippen molar-refractivity contribution in [2.24, 2.45) is 5.11 Å². The van der Waals surface area contributed by atoms with Gasteiger partial charge in [0.05, 0.1) is 12.7 Å².